The number of fused-ring (bicyclic) bond motifs is 1. The van der Waals surface area contributed by atoms with E-state index in [0.29, 0.717) is 17.1 Å². The molecule has 1 aliphatic heterocycles. The van der Waals surface area contributed by atoms with Crippen LogP contribution >= 0.6 is 11.6 Å². The summed E-state index contributed by atoms with van der Waals surface area (Å²) in [5, 5.41) is 6.14. The molecular weight excluding hydrogens is 310 g/mol. The number of hydrogen-bond acceptors (Lipinski definition) is 4. The summed E-state index contributed by atoms with van der Waals surface area (Å²) < 4.78 is 5.46. The van der Waals surface area contributed by atoms with Crippen molar-refractivity contribution in [2.45, 2.75) is 19.9 Å². The van der Waals surface area contributed by atoms with Gasteiger partial charge in [-0.25, -0.2) is 4.98 Å². The van der Waals surface area contributed by atoms with E-state index >= 15 is 0 Å². The van der Waals surface area contributed by atoms with Gasteiger partial charge in [0.25, 0.3) is 0 Å². The summed E-state index contributed by atoms with van der Waals surface area (Å²) in [5.41, 5.74) is 0. The number of halogens is 1. The molecule has 1 N–H and O–H groups in total. The lowest BCUT2D eigenvalue weighted by atomic mass is 10.0. The number of ether oxygens (including phenoxy) is 1. The molecule has 1 aliphatic rings. The third-order valence-corrected chi connectivity index (χ3v) is 4.76. The molecule has 0 saturated carbocycles. The van der Waals surface area contributed by atoms with Crippen LogP contribution in [0.2, 0.25) is 5.15 Å². The Morgan fingerprint density at radius 2 is 2.00 bits per heavy atom. The molecule has 1 aromatic carbocycles. The van der Waals surface area contributed by atoms with Gasteiger partial charge in [0.05, 0.1) is 13.2 Å². The molecule has 1 atom stereocenters. The van der Waals surface area contributed by atoms with Crippen LogP contribution in [0.3, 0.4) is 0 Å². The predicted octanol–water partition coefficient (Wildman–Crippen LogP) is 3.66. The largest absolute Gasteiger partial charge is 0.379 e. The Hall–Kier alpha value is -1.36. The maximum absolute atomic E-state index is 6.31. The second kappa shape index (κ2) is 7.47. The van der Waals surface area contributed by atoms with Gasteiger partial charge in [-0.2, -0.15) is 0 Å². The minimum absolute atomic E-state index is 0.464. The lowest BCUT2D eigenvalue weighted by Gasteiger charge is -2.37. The highest BCUT2D eigenvalue weighted by Gasteiger charge is 2.23. The van der Waals surface area contributed by atoms with Crippen LogP contribution in [0.25, 0.3) is 10.8 Å². The van der Waals surface area contributed by atoms with E-state index in [4.69, 9.17) is 16.3 Å². The topological polar surface area (TPSA) is 37.4 Å². The molecule has 3 rings (SSSR count). The third-order valence-electron chi connectivity index (χ3n) is 4.47. The Morgan fingerprint density at radius 1 is 1.26 bits per heavy atom. The lowest BCUT2D eigenvalue weighted by Crippen LogP contribution is -2.49. The Labute approximate surface area is 142 Å². The van der Waals surface area contributed by atoms with Crippen LogP contribution in [0.5, 0.6) is 0 Å². The van der Waals surface area contributed by atoms with Crippen molar-refractivity contribution < 1.29 is 4.74 Å². The minimum atomic E-state index is 0.464. The van der Waals surface area contributed by atoms with Gasteiger partial charge in [0.2, 0.25) is 0 Å². The highest BCUT2D eigenvalue weighted by atomic mass is 35.5. The number of morpholine rings is 1. The monoisotopic (exact) mass is 333 g/mol. The first-order valence-corrected chi connectivity index (χ1v) is 8.64. The summed E-state index contributed by atoms with van der Waals surface area (Å²) in [4.78, 5) is 6.99. The molecule has 1 unspecified atom stereocenters. The zero-order valence-corrected chi connectivity index (χ0v) is 14.5. The first kappa shape index (κ1) is 16.5. The van der Waals surface area contributed by atoms with Gasteiger partial charge < -0.3 is 10.1 Å². The zero-order valence-electron chi connectivity index (χ0n) is 13.8. The van der Waals surface area contributed by atoms with Crippen molar-refractivity contribution in [1.82, 2.24) is 9.88 Å². The fraction of sp³-hybridized carbons (Fsp3) is 0.500. The average Bonchev–Trinajstić information content (AvgIpc) is 2.56. The lowest BCUT2D eigenvalue weighted by molar-refractivity contribution is 0.00953. The minimum Gasteiger partial charge on any atom is -0.379 e. The number of nitrogens with one attached hydrogen (secondary N) is 1. The second-order valence-electron chi connectivity index (χ2n) is 6.36. The van der Waals surface area contributed by atoms with Crippen LogP contribution < -0.4 is 5.32 Å². The average molecular weight is 334 g/mol. The highest BCUT2D eigenvalue weighted by Crippen LogP contribution is 2.24. The van der Waals surface area contributed by atoms with E-state index in [0.717, 1.165) is 49.4 Å². The van der Waals surface area contributed by atoms with Crippen molar-refractivity contribution >= 4 is 28.2 Å². The highest BCUT2D eigenvalue weighted by molar-refractivity contribution is 6.34. The van der Waals surface area contributed by atoms with Gasteiger partial charge in [-0.3, -0.25) is 4.90 Å². The standard InChI is InChI=1S/C18H24ClN3O/c1-13(2)16(22-7-9-23-10-8-22)12-20-17-11-14-5-3-4-6-15(14)18(19)21-17/h3-6,11,13,16H,7-10,12H2,1-2H3,(H,20,21). The molecule has 0 spiro atoms. The van der Waals surface area contributed by atoms with Gasteiger partial charge in [-0.15, -0.1) is 0 Å². The summed E-state index contributed by atoms with van der Waals surface area (Å²) in [6.45, 7) is 9.03. The number of aromatic nitrogens is 1. The number of benzene rings is 1. The number of rotatable bonds is 5. The molecule has 1 saturated heterocycles. The molecular formula is C18H24ClN3O. The summed E-state index contributed by atoms with van der Waals surface area (Å²) in [6.07, 6.45) is 0. The first-order chi connectivity index (χ1) is 11.1. The predicted molar refractivity (Wildman–Crippen MR) is 96.3 cm³/mol. The van der Waals surface area contributed by atoms with Gasteiger partial charge in [0, 0.05) is 31.1 Å². The van der Waals surface area contributed by atoms with Crippen molar-refractivity contribution in [3.63, 3.8) is 0 Å². The maximum atomic E-state index is 6.31. The maximum Gasteiger partial charge on any atom is 0.139 e. The summed E-state index contributed by atoms with van der Waals surface area (Å²) >= 11 is 6.31. The zero-order chi connectivity index (χ0) is 16.2. The van der Waals surface area contributed by atoms with Gasteiger partial charge in [0.1, 0.15) is 11.0 Å². The van der Waals surface area contributed by atoms with E-state index in [2.05, 4.69) is 41.2 Å². The molecule has 1 aromatic heterocycles. The molecule has 0 radical (unpaired) electrons. The fourth-order valence-corrected chi connectivity index (χ4v) is 3.41. The SMILES string of the molecule is CC(C)C(CNc1cc2ccccc2c(Cl)n1)N1CCOCC1. The molecule has 2 heterocycles. The van der Waals surface area contributed by atoms with Crippen LogP contribution in [-0.4, -0.2) is 48.8 Å². The number of anilines is 1. The molecule has 1 fully saturated rings. The van der Waals surface area contributed by atoms with E-state index in [-0.39, 0.29) is 0 Å². The quantitative estimate of drug-likeness (QED) is 0.847. The van der Waals surface area contributed by atoms with Crippen molar-refractivity contribution in [3.05, 3.63) is 35.5 Å². The van der Waals surface area contributed by atoms with E-state index in [1.165, 1.54) is 0 Å². The normalized spacial score (nSPS) is 17.6. The van der Waals surface area contributed by atoms with Crippen molar-refractivity contribution in [2.75, 3.05) is 38.2 Å². The Balaban J connectivity index is 1.72. The van der Waals surface area contributed by atoms with Crippen LogP contribution in [0.15, 0.2) is 30.3 Å². The number of pyridine rings is 1. The van der Waals surface area contributed by atoms with E-state index in [1.54, 1.807) is 0 Å². The van der Waals surface area contributed by atoms with Crippen LogP contribution in [0, 0.1) is 5.92 Å². The molecule has 23 heavy (non-hydrogen) atoms. The summed E-state index contributed by atoms with van der Waals surface area (Å²) in [6, 6.07) is 10.6. The molecule has 0 amide bonds. The number of hydrogen-bond donors (Lipinski definition) is 1. The Kier molecular flexibility index (Phi) is 5.36. The van der Waals surface area contributed by atoms with Crippen molar-refractivity contribution in [1.29, 1.82) is 0 Å². The number of nitrogens with zero attached hydrogens (tertiary/aromatic N) is 2. The van der Waals surface area contributed by atoms with Crippen molar-refractivity contribution in [3.8, 4) is 0 Å². The Bertz CT molecular complexity index is 656. The Morgan fingerprint density at radius 3 is 2.74 bits per heavy atom. The molecule has 2 aromatic rings. The fourth-order valence-electron chi connectivity index (χ4n) is 3.15. The molecule has 0 aliphatic carbocycles. The van der Waals surface area contributed by atoms with E-state index in [9.17, 15) is 0 Å². The second-order valence-corrected chi connectivity index (χ2v) is 6.72. The smallest absolute Gasteiger partial charge is 0.139 e. The van der Waals surface area contributed by atoms with Gasteiger partial charge >= 0.3 is 0 Å². The van der Waals surface area contributed by atoms with Crippen LogP contribution in [-0.2, 0) is 4.74 Å². The molecule has 5 heteroatoms. The van der Waals surface area contributed by atoms with Crippen LogP contribution in [0.4, 0.5) is 5.82 Å². The van der Waals surface area contributed by atoms with Crippen molar-refractivity contribution in [2.24, 2.45) is 5.92 Å². The molecule has 124 valence electrons. The van der Waals surface area contributed by atoms with E-state index in [1.807, 2.05) is 18.2 Å². The molecule has 0 bridgehead atoms. The van der Waals surface area contributed by atoms with Gasteiger partial charge in [-0.1, -0.05) is 49.7 Å². The van der Waals surface area contributed by atoms with E-state index < -0.39 is 0 Å². The van der Waals surface area contributed by atoms with Gasteiger partial charge in [-0.05, 0) is 17.4 Å². The van der Waals surface area contributed by atoms with Crippen LogP contribution in [0.1, 0.15) is 13.8 Å². The molecule has 4 nitrogen and oxygen atoms in total. The van der Waals surface area contributed by atoms with Gasteiger partial charge in [0.15, 0.2) is 0 Å². The third kappa shape index (κ3) is 3.94. The summed E-state index contributed by atoms with van der Waals surface area (Å²) in [5.74, 6) is 1.41. The summed E-state index contributed by atoms with van der Waals surface area (Å²) in [7, 11) is 0. The first-order valence-electron chi connectivity index (χ1n) is 8.26.